The maximum absolute atomic E-state index is 13.6. The molecule has 35 heavy (non-hydrogen) atoms. The molecule has 1 aliphatic carbocycles. The summed E-state index contributed by atoms with van der Waals surface area (Å²) in [6.07, 6.45) is 4.40. The number of aromatic nitrogens is 4. The molecule has 2 aromatic heterocycles. The van der Waals surface area contributed by atoms with Crippen LogP contribution in [0.1, 0.15) is 62.6 Å². The number of rotatable bonds is 7. The van der Waals surface area contributed by atoms with Crippen molar-refractivity contribution >= 4 is 27.0 Å². The third kappa shape index (κ3) is 5.25. The summed E-state index contributed by atoms with van der Waals surface area (Å²) in [7, 11) is -4.05. The predicted octanol–water partition coefficient (Wildman–Crippen LogP) is 3.02. The Bertz CT molecular complexity index is 1320. The van der Waals surface area contributed by atoms with E-state index in [9.17, 15) is 17.6 Å². The van der Waals surface area contributed by atoms with E-state index in [2.05, 4.69) is 35.8 Å². The number of aliphatic hydroxyl groups excluding tert-OH is 1. The van der Waals surface area contributed by atoms with Gasteiger partial charge in [-0.15, -0.1) is 0 Å². The molecule has 0 spiro atoms. The third-order valence-electron chi connectivity index (χ3n) is 6.37. The molecule has 1 amide bonds. The number of nitrogens with one attached hydrogen (secondary N) is 1. The molecule has 3 aromatic rings. The number of nitrogens with zero attached hydrogens (tertiary/aromatic N) is 4. The fraction of sp³-hybridized carbons (Fsp3) is 0.542. The molecule has 190 valence electrons. The van der Waals surface area contributed by atoms with Gasteiger partial charge in [0.2, 0.25) is 0 Å². The van der Waals surface area contributed by atoms with Gasteiger partial charge in [0.25, 0.3) is 15.9 Å². The highest BCUT2D eigenvalue weighted by atomic mass is 32.2. The van der Waals surface area contributed by atoms with Gasteiger partial charge >= 0.3 is 0 Å². The summed E-state index contributed by atoms with van der Waals surface area (Å²) in [4.78, 5) is 16.9. The standard InChI is InChI=1S/C24H32FN5O4S/c1-24(2,3)23-28-20-12-19(8-9-21(20)29(23)14-16-4-6-18(25)7-5-16)35(33,34)30-15-17(13-27-30)22(32)26-10-11-31/h8-9,12-13,15-16,18,31H,4-7,10-11,14H2,1-3H3,(H,26,32)/t16-,18-. The zero-order chi connectivity index (χ0) is 25.4. The lowest BCUT2D eigenvalue weighted by Crippen LogP contribution is -2.26. The number of hydrogen-bond donors (Lipinski definition) is 2. The summed E-state index contributed by atoms with van der Waals surface area (Å²) < 4.78 is 43.0. The van der Waals surface area contributed by atoms with Gasteiger partial charge in [-0.25, -0.2) is 9.37 Å². The number of hydrogen-bond acceptors (Lipinski definition) is 6. The Balaban J connectivity index is 1.68. The molecule has 0 unspecified atom stereocenters. The van der Waals surface area contributed by atoms with Gasteiger partial charge in [0, 0.05) is 18.5 Å². The summed E-state index contributed by atoms with van der Waals surface area (Å²) in [6.45, 7) is 6.74. The van der Waals surface area contributed by atoms with E-state index in [-0.39, 0.29) is 29.0 Å². The predicted molar refractivity (Wildman–Crippen MR) is 130 cm³/mol. The van der Waals surface area contributed by atoms with E-state index < -0.39 is 22.1 Å². The molecule has 1 saturated carbocycles. The highest BCUT2D eigenvalue weighted by Gasteiger charge is 2.28. The second-order valence-corrected chi connectivity index (χ2v) is 11.9. The van der Waals surface area contributed by atoms with E-state index in [0.717, 1.165) is 34.5 Å². The zero-order valence-corrected chi connectivity index (χ0v) is 21.1. The molecule has 1 aliphatic rings. The number of amides is 1. The fourth-order valence-electron chi connectivity index (χ4n) is 4.52. The lowest BCUT2D eigenvalue weighted by atomic mass is 9.87. The molecule has 0 atom stereocenters. The first kappa shape index (κ1) is 25.3. The highest BCUT2D eigenvalue weighted by molar-refractivity contribution is 7.89. The van der Waals surface area contributed by atoms with Gasteiger partial charge in [0.05, 0.1) is 40.5 Å². The van der Waals surface area contributed by atoms with Gasteiger partial charge in [-0.3, -0.25) is 4.79 Å². The molecule has 0 aliphatic heterocycles. The fourth-order valence-corrected chi connectivity index (χ4v) is 5.66. The topological polar surface area (TPSA) is 119 Å². The van der Waals surface area contributed by atoms with Crippen molar-refractivity contribution in [3.63, 3.8) is 0 Å². The highest BCUT2D eigenvalue weighted by Crippen LogP contribution is 2.33. The largest absolute Gasteiger partial charge is 0.395 e. The number of fused-ring (bicyclic) bond motifs is 1. The van der Waals surface area contributed by atoms with Crippen molar-refractivity contribution in [3.05, 3.63) is 42.0 Å². The van der Waals surface area contributed by atoms with Gasteiger partial charge < -0.3 is 15.0 Å². The molecule has 0 bridgehead atoms. The van der Waals surface area contributed by atoms with Gasteiger partial charge in [-0.1, -0.05) is 20.8 Å². The summed E-state index contributed by atoms with van der Waals surface area (Å²) in [5.74, 6) is 0.682. The summed E-state index contributed by atoms with van der Waals surface area (Å²) in [5.41, 5.74) is 1.20. The van der Waals surface area contributed by atoms with E-state index in [1.807, 2.05) is 0 Å². The van der Waals surface area contributed by atoms with Gasteiger partial charge in [0.15, 0.2) is 0 Å². The van der Waals surface area contributed by atoms with Crippen LogP contribution in [0.3, 0.4) is 0 Å². The van der Waals surface area contributed by atoms with Crippen LogP contribution >= 0.6 is 0 Å². The molecule has 4 rings (SSSR count). The quantitative estimate of drug-likeness (QED) is 0.510. The Morgan fingerprint density at radius 1 is 1.23 bits per heavy atom. The van der Waals surface area contributed by atoms with Crippen LogP contribution in [0.15, 0.2) is 35.5 Å². The van der Waals surface area contributed by atoms with Crippen LogP contribution in [0.4, 0.5) is 4.39 Å². The van der Waals surface area contributed by atoms with Crippen LogP contribution in [0.2, 0.25) is 0 Å². The Hall–Kier alpha value is -2.79. The van der Waals surface area contributed by atoms with Crippen molar-refractivity contribution in [2.45, 2.75) is 69.5 Å². The smallest absolute Gasteiger partial charge is 0.283 e. The Morgan fingerprint density at radius 3 is 2.60 bits per heavy atom. The first-order valence-corrected chi connectivity index (χ1v) is 13.3. The minimum Gasteiger partial charge on any atom is -0.395 e. The van der Waals surface area contributed by atoms with Crippen molar-refractivity contribution in [1.29, 1.82) is 0 Å². The van der Waals surface area contributed by atoms with Crippen LogP contribution < -0.4 is 5.32 Å². The van der Waals surface area contributed by atoms with Crippen LogP contribution in [0.5, 0.6) is 0 Å². The average molecular weight is 506 g/mol. The molecule has 0 radical (unpaired) electrons. The first-order valence-electron chi connectivity index (χ1n) is 11.8. The number of alkyl halides is 1. The monoisotopic (exact) mass is 505 g/mol. The minimum atomic E-state index is -4.05. The number of benzene rings is 1. The first-order chi connectivity index (χ1) is 16.5. The Morgan fingerprint density at radius 2 is 1.94 bits per heavy atom. The minimum absolute atomic E-state index is 0.0125. The summed E-state index contributed by atoms with van der Waals surface area (Å²) in [5, 5.41) is 15.2. The van der Waals surface area contributed by atoms with Crippen molar-refractivity contribution in [1.82, 2.24) is 24.1 Å². The van der Waals surface area contributed by atoms with Gasteiger partial charge in [0.1, 0.15) is 12.0 Å². The van der Waals surface area contributed by atoms with Gasteiger partial charge in [-0.05, 0) is 49.8 Å². The van der Waals surface area contributed by atoms with Crippen LogP contribution in [0, 0.1) is 5.92 Å². The number of aliphatic hydroxyl groups is 1. The SMILES string of the molecule is CC(C)(C)c1nc2cc(S(=O)(=O)n3cc(C(=O)NCCO)cn3)ccc2n1C[C@H]1CC[C@H](F)CC1. The molecule has 1 aromatic carbocycles. The molecule has 1 fully saturated rings. The molecular weight excluding hydrogens is 473 g/mol. The van der Waals surface area contributed by atoms with Crippen LogP contribution in [0.25, 0.3) is 11.0 Å². The second-order valence-electron chi connectivity index (χ2n) is 10.2. The van der Waals surface area contributed by atoms with Crippen molar-refractivity contribution in [2.75, 3.05) is 13.2 Å². The lowest BCUT2D eigenvalue weighted by Gasteiger charge is -2.27. The second kappa shape index (κ2) is 9.69. The van der Waals surface area contributed by atoms with E-state index in [1.165, 1.54) is 18.3 Å². The van der Waals surface area contributed by atoms with Crippen molar-refractivity contribution in [2.24, 2.45) is 5.92 Å². The maximum atomic E-state index is 13.6. The Kier molecular flexibility index (Phi) is 7.01. The number of imidazole rings is 1. The summed E-state index contributed by atoms with van der Waals surface area (Å²) in [6, 6.07) is 4.81. The van der Waals surface area contributed by atoms with Crippen LogP contribution in [-0.2, 0) is 22.0 Å². The molecule has 2 heterocycles. The number of carbonyl (C=O) groups is 1. The average Bonchev–Trinajstić information content (AvgIpc) is 3.45. The van der Waals surface area contributed by atoms with E-state index in [4.69, 9.17) is 10.1 Å². The van der Waals surface area contributed by atoms with E-state index >= 15 is 0 Å². The number of carbonyl (C=O) groups excluding carboxylic acids is 1. The molecule has 2 N–H and O–H groups in total. The molecule has 11 heteroatoms. The third-order valence-corrected chi connectivity index (χ3v) is 7.91. The number of halogens is 1. The van der Waals surface area contributed by atoms with E-state index in [0.29, 0.717) is 30.8 Å². The molecule has 0 saturated heterocycles. The molecule has 9 nitrogen and oxygen atoms in total. The van der Waals surface area contributed by atoms with Crippen LogP contribution in [-0.4, -0.2) is 57.5 Å². The molecular formula is C24H32FN5O4S. The van der Waals surface area contributed by atoms with Gasteiger partial charge in [-0.2, -0.15) is 17.6 Å². The van der Waals surface area contributed by atoms with Crippen molar-refractivity contribution < 1.29 is 22.7 Å². The van der Waals surface area contributed by atoms with E-state index in [1.54, 1.807) is 6.07 Å². The van der Waals surface area contributed by atoms with Crippen molar-refractivity contribution in [3.8, 4) is 0 Å². The lowest BCUT2D eigenvalue weighted by molar-refractivity contribution is 0.0945. The zero-order valence-electron chi connectivity index (χ0n) is 20.2. The summed E-state index contributed by atoms with van der Waals surface area (Å²) >= 11 is 0. The Labute approximate surface area is 204 Å². The maximum Gasteiger partial charge on any atom is 0.283 e. The normalized spacial score (nSPS) is 19.2.